The third-order valence-corrected chi connectivity index (χ3v) is 5.61. The number of nitrogens with one attached hydrogen (secondary N) is 2. The first kappa shape index (κ1) is 22.3. The van der Waals surface area contributed by atoms with Crippen LogP contribution in [0.3, 0.4) is 0 Å². The van der Waals surface area contributed by atoms with Gasteiger partial charge in [-0.05, 0) is 35.9 Å². The number of methoxy groups -OCH3 is 2. The van der Waals surface area contributed by atoms with Gasteiger partial charge in [-0.25, -0.2) is 16.8 Å². The quantitative estimate of drug-likeness (QED) is 0.527. The first-order valence-electron chi connectivity index (χ1n) is 8.02. The summed E-state index contributed by atoms with van der Waals surface area (Å²) in [6.45, 7) is 0. The highest BCUT2D eigenvalue weighted by molar-refractivity contribution is 7.93. The van der Waals surface area contributed by atoms with E-state index in [-0.39, 0.29) is 39.8 Å². The van der Waals surface area contributed by atoms with Crippen LogP contribution in [0.25, 0.3) is 0 Å². The first-order valence-corrected chi connectivity index (χ1v) is 11.4. The molecule has 158 valence electrons. The fraction of sp³-hybridized carbons (Fsp3) is 0.235. The Bertz CT molecular complexity index is 1130. The normalized spacial score (nSPS) is 11.6. The van der Waals surface area contributed by atoms with Gasteiger partial charge in [-0.3, -0.25) is 14.2 Å². The number of hydrogen-bond acceptors (Lipinski definition) is 7. The number of carboxylic acid groups (broad SMARTS) is 1. The third kappa shape index (κ3) is 5.99. The maximum Gasteiger partial charge on any atom is 0.307 e. The largest absolute Gasteiger partial charge is 0.495 e. The van der Waals surface area contributed by atoms with Gasteiger partial charge < -0.3 is 14.6 Å². The van der Waals surface area contributed by atoms with Crippen LogP contribution in [0.2, 0.25) is 0 Å². The van der Waals surface area contributed by atoms with Gasteiger partial charge in [-0.1, -0.05) is 6.07 Å². The zero-order valence-corrected chi connectivity index (χ0v) is 17.4. The summed E-state index contributed by atoms with van der Waals surface area (Å²) in [4.78, 5) is 10.7. The van der Waals surface area contributed by atoms with E-state index in [0.717, 1.165) is 6.26 Å². The Balaban J connectivity index is 2.45. The Hall–Kier alpha value is -2.99. The van der Waals surface area contributed by atoms with Crippen molar-refractivity contribution in [3.8, 4) is 11.5 Å². The molecule has 0 unspecified atom stereocenters. The molecule has 10 nitrogen and oxygen atoms in total. The van der Waals surface area contributed by atoms with E-state index in [9.17, 15) is 21.6 Å². The Morgan fingerprint density at radius 3 is 2.14 bits per heavy atom. The summed E-state index contributed by atoms with van der Waals surface area (Å²) in [7, 11) is -5.19. The van der Waals surface area contributed by atoms with Crippen molar-refractivity contribution >= 4 is 37.4 Å². The summed E-state index contributed by atoms with van der Waals surface area (Å²) in [6, 6.07) is 8.05. The minimum absolute atomic E-state index is 0.0228. The zero-order valence-electron chi connectivity index (χ0n) is 15.8. The Morgan fingerprint density at radius 2 is 1.59 bits per heavy atom. The van der Waals surface area contributed by atoms with Gasteiger partial charge in [0.25, 0.3) is 10.0 Å². The number of anilines is 2. The number of hydrogen-bond donors (Lipinski definition) is 3. The molecule has 0 aromatic heterocycles. The molecule has 0 saturated carbocycles. The Kier molecular flexibility index (Phi) is 6.59. The molecule has 2 aromatic rings. The summed E-state index contributed by atoms with van der Waals surface area (Å²) in [5, 5.41) is 8.93. The topological polar surface area (TPSA) is 148 Å². The number of rotatable bonds is 9. The highest BCUT2D eigenvalue weighted by atomic mass is 32.2. The first-order chi connectivity index (χ1) is 13.4. The molecule has 0 spiro atoms. The molecule has 2 rings (SSSR count). The van der Waals surface area contributed by atoms with Crippen LogP contribution in [0.5, 0.6) is 11.5 Å². The van der Waals surface area contributed by atoms with Crippen molar-refractivity contribution in [1.29, 1.82) is 0 Å². The van der Waals surface area contributed by atoms with Crippen LogP contribution in [-0.2, 0) is 31.3 Å². The van der Waals surface area contributed by atoms with Crippen molar-refractivity contribution in [2.75, 3.05) is 29.9 Å². The number of carboxylic acids is 1. The lowest BCUT2D eigenvalue weighted by Crippen LogP contribution is -2.16. The van der Waals surface area contributed by atoms with Crippen LogP contribution in [0.15, 0.2) is 41.3 Å². The fourth-order valence-corrected chi connectivity index (χ4v) is 4.31. The smallest absolute Gasteiger partial charge is 0.307 e. The van der Waals surface area contributed by atoms with E-state index in [1.807, 2.05) is 0 Å². The molecular formula is C17H20N2O8S2. The highest BCUT2D eigenvalue weighted by Crippen LogP contribution is 2.31. The molecular weight excluding hydrogens is 424 g/mol. The van der Waals surface area contributed by atoms with E-state index in [1.165, 1.54) is 50.6 Å². The highest BCUT2D eigenvalue weighted by Gasteiger charge is 2.22. The molecule has 2 aromatic carbocycles. The minimum Gasteiger partial charge on any atom is -0.495 e. The summed E-state index contributed by atoms with van der Waals surface area (Å²) >= 11 is 0. The minimum atomic E-state index is -4.18. The van der Waals surface area contributed by atoms with Crippen molar-refractivity contribution in [3.63, 3.8) is 0 Å². The predicted octanol–water partition coefficient (Wildman–Crippen LogP) is 1.50. The lowest BCUT2D eigenvalue weighted by atomic mass is 10.1. The molecule has 0 aliphatic heterocycles. The van der Waals surface area contributed by atoms with Gasteiger partial charge in [0.2, 0.25) is 10.0 Å². The number of carbonyl (C=O) groups is 1. The van der Waals surface area contributed by atoms with E-state index in [2.05, 4.69) is 9.44 Å². The van der Waals surface area contributed by atoms with E-state index in [4.69, 9.17) is 14.6 Å². The standard InChI is InChI=1S/C17H20N2O8S2/c1-26-14-7-5-12(10-13(14)19-28(3,22)23)18-29(24,25)16-8-11(9-17(20)21)4-6-15(16)27-2/h4-8,10,18-19H,9H2,1-3H3,(H,20,21). The molecule has 0 heterocycles. The molecule has 0 bridgehead atoms. The molecule has 0 aliphatic rings. The SMILES string of the molecule is COc1ccc(NS(=O)(=O)c2cc(CC(=O)O)ccc2OC)cc1NS(C)(=O)=O. The van der Waals surface area contributed by atoms with Crippen LogP contribution in [0.4, 0.5) is 11.4 Å². The number of benzene rings is 2. The van der Waals surface area contributed by atoms with E-state index >= 15 is 0 Å². The zero-order chi connectivity index (χ0) is 21.8. The van der Waals surface area contributed by atoms with Crippen molar-refractivity contribution < 1.29 is 36.2 Å². The second kappa shape index (κ2) is 8.57. The molecule has 0 atom stereocenters. The number of sulfonamides is 2. The maximum atomic E-state index is 12.9. The van der Waals surface area contributed by atoms with Crippen molar-refractivity contribution in [1.82, 2.24) is 0 Å². The van der Waals surface area contributed by atoms with Crippen LogP contribution in [-0.4, -0.2) is 48.4 Å². The van der Waals surface area contributed by atoms with Gasteiger partial charge >= 0.3 is 5.97 Å². The molecule has 12 heteroatoms. The van der Waals surface area contributed by atoms with Gasteiger partial charge in [-0.15, -0.1) is 0 Å². The average Bonchev–Trinajstić information content (AvgIpc) is 2.59. The molecule has 0 saturated heterocycles. The summed E-state index contributed by atoms with van der Waals surface area (Å²) in [6.07, 6.45) is 0.583. The molecule has 0 amide bonds. The van der Waals surface area contributed by atoms with E-state index in [0.29, 0.717) is 0 Å². The molecule has 0 fully saturated rings. The predicted molar refractivity (Wildman–Crippen MR) is 107 cm³/mol. The number of aliphatic carboxylic acids is 1. The molecule has 29 heavy (non-hydrogen) atoms. The van der Waals surface area contributed by atoms with Gasteiger partial charge in [0.1, 0.15) is 16.4 Å². The van der Waals surface area contributed by atoms with E-state index in [1.54, 1.807) is 0 Å². The van der Waals surface area contributed by atoms with Crippen molar-refractivity contribution in [3.05, 3.63) is 42.0 Å². The molecule has 3 N–H and O–H groups in total. The lowest BCUT2D eigenvalue weighted by Gasteiger charge is -2.15. The number of ether oxygens (including phenoxy) is 2. The van der Waals surface area contributed by atoms with Gasteiger partial charge in [0, 0.05) is 0 Å². The average molecular weight is 444 g/mol. The van der Waals surface area contributed by atoms with Gasteiger partial charge in [0.05, 0.1) is 38.3 Å². The maximum absolute atomic E-state index is 12.9. The lowest BCUT2D eigenvalue weighted by molar-refractivity contribution is -0.136. The monoisotopic (exact) mass is 444 g/mol. The van der Waals surface area contributed by atoms with Crippen LogP contribution < -0.4 is 18.9 Å². The van der Waals surface area contributed by atoms with Gasteiger partial charge in [0.15, 0.2) is 0 Å². The van der Waals surface area contributed by atoms with E-state index < -0.39 is 26.0 Å². The van der Waals surface area contributed by atoms with Crippen LogP contribution in [0.1, 0.15) is 5.56 Å². The molecule has 0 radical (unpaired) electrons. The Labute approximate surface area is 168 Å². The van der Waals surface area contributed by atoms with Crippen LogP contribution in [0, 0.1) is 0 Å². The second-order valence-electron chi connectivity index (χ2n) is 5.95. The fourth-order valence-electron chi connectivity index (χ4n) is 2.48. The summed E-state index contributed by atoms with van der Waals surface area (Å²) in [5.41, 5.74) is 0.372. The van der Waals surface area contributed by atoms with Crippen molar-refractivity contribution in [2.24, 2.45) is 0 Å². The molecule has 0 aliphatic carbocycles. The second-order valence-corrected chi connectivity index (χ2v) is 9.35. The summed E-state index contributed by atoms with van der Waals surface area (Å²) < 4.78 is 63.5. The van der Waals surface area contributed by atoms with Crippen molar-refractivity contribution in [2.45, 2.75) is 11.3 Å². The summed E-state index contributed by atoms with van der Waals surface area (Å²) in [5.74, 6) is -0.896. The van der Waals surface area contributed by atoms with Gasteiger partial charge in [-0.2, -0.15) is 0 Å². The third-order valence-electron chi connectivity index (χ3n) is 3.62. The Morgan fingerprint density at radius 1 is 0.966 bits per heavy atom. The van der Waals surface area contributed by atoms with Crippen LogP contribution >= 0.6 is 0 Å².